The van der Waals surface area contributed by atoms with E-state index in [9.17, 15) is 4.79 Å². The van der Waals surface area contributed by atoms with Gasteiger partial charge in [-0.15, -0.1) is 11.8 Å². The van der Waals surface area contributed by atoms with E-state index < -0.39 is 0 Å². The van der Waals surface area contributed by atoms with Crippen molar-refractivity contribution in [3.63, 3.8) is 0 Å². The zero-order chi connectivity index (χ0) is 20.5. The molecule has 2 heterocycles. The summed E-state index contributed by atoms with van der Waals surface area (Å²) in [6, 6.07) is 9.75. The molecule has 0 atom stereocenters. The highest BCUT2D eigenvalue weighted by Crippen LogP contribution is 2.35. The molecule has 4 nitrogen and oxygen atoms in total. The van der Waals surface area contributed by atoms with Crippen LogP contribution in [0.2, 0.25) is 0 Å². The molecule has 6 heteroatoms. The van der Waals surface area contributed by atoms with Gasteiger partial charge in [-0.05, 0) is 56.0 Å². The summed E-state index contributed by atoms with van der Waals surface area (Å²) in [5.74, 6) is 1.02. The predicted molar refractivity (Wildman–Crippen MR) is 121 cm³/mol. The lowest BCUT2D eigenvalue weighted by molar-refractivity contribution is 0.111. The van der Waals surface area contributed by atoms with Gasteiger partial charge in [0.25, 0.3) is 0 Å². The highest BCUT2D eigenvalue weighted by molar-refractivity contribution is 8.00. The molecule has 0 unspecified atom stereocenters. The van der Waals surface area contributed by atoms with Crippen molar-refractivity contribution in [2.45, 2.75) is 44.1 Å². The normalized spacial score (nSPS) is 10.2. The van der Waals surface area contributed by atoms with Gasteiger partial charge in [-0.3, -0.25) is 9.78 Å². The molecular formula is C22H27N3OS2. The minimum atomic E-state index is 0.479. The van der Waals surface area contributed by atoms with Crippen LogP contribution in [0.4, 0.5) is 5.13 Å². The molecule has 0 saturated carbocycles. The zero-order valence-corrected chi connectivity index (χ0v) is 18.7. The summed E-state index contributed by atoms with van der Waals surface area (Å²) in [6.07, 6.45) is 3.30. The number of carbonyl (C=O) groups is 1. The van der Waals surface area contributed by atoms with Crippen LogP contribution in [0.15, 0.2) is 40.7 Å². The molecule has 0 aliphatic carbocycles. The molecule has 3 aromatic rings. The van der Waals surface area contributed by atoms with Gasteiger partial charge in [0.2, 0.25) is 0 Å². The van der Waals surface area contributed by atoms with Gasteiger partial charge in [-0.2, -0.15) is 0 Å². The van der Waals surface area contributed by atoms with Crippen LogP contribution < -0.4 is 5.32 Å². The molecule has 0 saturated heterocycles. The Kier molecular flexibility index (Phi) is 8.67. The molecule has 0 fully saturated rings. The molecular weight excluding hydrogens is 386 g/mol. The number of thiazole rings is 1. The maximum absolute atomic E-state index is 9.94. The number of nitrogens with one attached hydrogen (secondary N) is 1. The summed E-state index contributed by atoms with van der Waals surface area (Å²) in [6.45, 7) is 8.75. The van der Waals surface area contributed by atoms with Crippen LogP contribution in [0.1, 0.15) is 45.4 Å². The number of aldehydes is 1. The maximum atomic E-state index is 9.94. The van der Waals surface area contributed by atoms with Crippen LogP contribution in [0.25, 0.3) is 0 Å². The van der Waals surface area contributed by atoms with Crippen molar-refractivity contribution in [3.8, 4) is 0 Å². The Morgan fingerprint density at radius 1 is 1.18 bits per heavy atom. The molecule has 148 valence electrons. The lowest BCUT2D eigenvalue weighted by Gasteiger charge is -2.10. The van der Waals surface area contributed by atoms with E-state index in [0.717, 1.165) is 23.6 Å². The number of hydrogen-bond donors (Lipinski definition) is 1. The minimum absolute atomic E-state index is 0.479. The summed E-state index contributed by atoms with van der Waals surface area (Å²) in [7, 11) is 1.93. The third-order valence-corrected chi connectivity index (χ3v) is 6.65. The van der Waals surface area contributed by atoms with Crippen molar-refractivity contribution in [1.82, 2.24) is 9.97 Å². The van der Waals surface area contributed by atoms with Crippen molar-refractivity contribution in [1.29, 1.82) is 0 Å². The molecule has 0 spiro atoms. The molecule has 2 aromatic heterocycles. The lowest BCUT2D eigenvalue weighted by Crippen LogP contribution is -1.93. The van der Waals surface area contributed by atoms with Crippen LogP contribution in [0.3, 0.4) is 0 Å². The standard InChI is InChI=1S/C16H22N2S2.C6H5NO/c1-6-14-15(20-16(17-5)18-14)19-9-13-11(3)7-10(2)8-12(13)4;8-5-6-3-1-2-4-7-6/h7-8H,6,9H2,1-5H3,(H,17,18);1-5H. The smallest absolute Gasteiger partial charge is 0.183 e. The second-order valence-electron chi connectivity index (χ2n) is 6.40. The Balaban J connectivity index is 0.000000292. The second-order valence-corrected chi connectivity index (χ2v) is 8.64. The van der Waals surface area contributed by atoms with Crippen molar-refractivity contribution in [2.75, 3.05) is 12.4 Å². The number of nitrogens with zero attached hydrogens (tertiary/aromatic N) is 2. The molecule has 3 rings (SSSR count). The van der Waals surface area contributed by atoms with Crippen LogP contribution in [-0.2, 0) is 12.2 Å². The number of anilines is 1. The van der Waals surface area contributed by atoms with Gasteiger partial charge >= 0.3 is 0 Å². The van der Waals surface area contributed by atoms with Gasteiger partial charge in [-0.25, -0.2) is 4.98 Å². The number of aryl methyl sites for hydroxylation is 4. The quantitative estimate of drug-likeness (QED) is 0.405. The molecule has 0 aliphatic rings. The van der Waals surface area contributed by atoms with Gasteiger partial charge in [-0.1, -0.05) is 42.0 Å². The number of carbonyl (C=O) groups excluding carboxylic acids is 1. The van der Waals surface area contributed by atoms with Crippen molar-refractivity contribution in [2.24, 2.45) is 0 Å². The summed E-state index contributed by atoms with van der Waals surface area (Å²) in [5.41, 5.74) is 7.29. The summed E-state index contributed by atoms with van der Waals surface area (Å²) in [4.78, 5) is 18.3. The molecule has 0 radical (unpaired) electrons. The number of rotatable bonds is 6. The van der Waals surface area contributed by atoms with Gasteiger partial charge in [0.15, 0.2) is 11.4 Å². The van der Waals surface area contributed by atoms with E-state index in [0.29, 0.717) is 5.69 Å². The molecule has 1 aromatic carbocycles. The maximum Gasteiger partial charge on any atom is 0.183 e. The van der Waals surface area contributed by atoms with Crippen LogP contribution >= 0.6 is 23.1 Å². The minimum Gasteiger partial charge on any atom is -0.365 e. The SMILES string of the molecule is CCc1nc(NC)sc1SCc1c(C)cc(C)cc1C.O=Cc1ccccn1. The molecule has 28 heavy (non-hydrogen) atoms. The van der Waals surface area contributed by atoms with Crippen molar-refractivity contribution in [3.05, 3.63) is 70.2 Å². The highest BCUT2D eigenvalue weighted by atomic mass is 32.2. The van der Waals surface area contributed by atoms with Gasteiger partial charge < -0.3 is 5.32 Å². The first-order chi connectivity index (χ1) is 13.5. The van der Waals surface area contributed by atoms with E-state index in [-0.39, 0.29) is 0 Å². The molecule has 1 N–H and O–H groups in total. The zero-order valence-electron chi connectivity index (χ0n) is 17.1. The Hall–Kier alpha value is -2.18. The fourth-order valence-corrected chi connectivity index (χ4v) is 5.28. The highest BCUT2D eigenvalue weighted by Gasteiger charge is 2.11. The summed E-state index contributed by atoms with van der Waals surface area (Å²) in [5, 5.41) is 4.16. The summed E-state index contributed by atoms with van der Waals surface area (Å²) >= 11 is 3.67. The van der Waals surface area contributed by atoms with E-state index >= 15 is 0 Å². The predicted octanol–water partition coefficient (Wildman–Crippen LogP) is 5.86. The first-order valence-corrected chi connectivity index (χ1v) is 11.0. The average Bonchev–Trinajstić information content (AvgIpc) is 3.10. The van der Waals surface area contributed by atoms with E-state index in [1.165, 1.54) is 32.2 Å². The summed E-state index contributed by atoms with van der Waals surface area (Å²) < 4.78 is 1.34. The number of hydrogen-bond acceptors (Lipinski definition) is 6. The van der Waals surface area contributed by atoms with Crippen molar-refractivity contribution >= 4 is 34.5 Å². The van der Waals surface area contributed by atoms with Gasteiger partial charge in [0, 0.05) is 19.0 Å². The first-order valence-electron chi connectivity index (χ1n) is 9.21. The Morgan fingerprint density at radius 2 is 1.89 bits per heavy atom. The van der Waals surface area contributed by atoms with Gasteiger partial charge in [0.1, 0.15) is 5.69 Å². The van der Waals surface area contributed by atoms with Crippen molar-refractivity contribution < 1.29 is 4.79 Å². The third kappa shape index (κ3) is 6.17. The van der Waals surface area contributed by atoms with Crippen LogP contribution in [0, 0.1) is 20.8 Å². The Morgan fingerprint density at radius 3 is 2.39 bits per heavy atom. The average molecular weight is 414 g/mol. The van der Waals surface area contributed by atoms with E-state index in [2.05, 4.69) is 55.1 Å². The van der Waals surface area contributed by atoms with Gasteiger partial charge in [0.05, 0.1) is 9.90 Å². The second kappa shape index (κ2) is 11.0. The third-order valence-electron chi connectivity index (χ3n) is 4.21. The first kappa shape index (κ1) is 22.1. The largest absolute Gasteiger partial charge is 0.365 e. The van der Waals surface area contributed by atoms with Crippen LogP contribution in [0.5, 0.6) is 0 Å². The Bertz CT molecular complexity index is 884. The fraction of sp³-hybridized carbons (Fsp3) is 0.318. The number of benzene rings is 1. The van der Waals surface area contributed by atoms with Crippen LogP contribution in [-0.4, -0.2) is 23.3 Å². The Labute approximate surface area is 175 Å². The van der Waals surface area contributed by atoms with E-state index in [1.807, 2.05) is 18.8 Å². The lowest BCUT2D eigenvalue weighted by atomic mass is 10.0. The molecule has 0 bridgehead atoms. The monoisotopic (exact) mass is 413 g/mol. The number of aromatic nitrogens is 2. The fourth-order valence-electron chi connectivity index (χ4n) is 2.80. The number of thioether (sulfide) groups is 1. The molecule has 0 amide bonds. The number of pyridine rings is 1. The topological polar surface area (TPSA) is 54.9 Å². The molecule has 0 aliphatic heterocycles. The van der Waals surface area contributed by atoms with E-state index in [4.69, 9.17) is 0 Å². The van der Waals surface area contributed by atoms with E-state index in [1.54, 1.807) is 35.7 Å².